The zero-order valence-corrected chi connectivity index (χ0v) is 19.5. The van der Waals surface area contributed by atoms with Crippen LogP contribution in [0.1, 0.15) is 5.69 Å². The molecule has 6 nitrogen and oxygen atoms in total. The Balaban J connectivity index is 1.85. The van der Waals surface area contributed by atoms with Crippen LogP contribution in [0.25, 0.3) is 11.3 Å². The van der Waals surface area contributed by atoms with Crippen molar-refractivity contribution in [3.8, 4) is 22.8 Å². The molecular weight excluding hydrogens is 502 g/mol. The van der Waals surface area contributed by atoms with Gasteiger partial charge in [0.2, 0.25) is 5.91 Å². The van der Waals surface area contributed by atoms with E-state index in [9.17, 15) is 18.0 Å². The molecule has 0 aliphatic carbocycles. The first-order chi connectivity index (χ1) is 15.6. The van der Waals surface area contributed by atoms with Crippen molar-refractivity contribution < 1.29 is 27.4 Å². The van der Waals surface area contributed by atoms with Crippen LogP contribution in [0, 0.1) is 0 Å². The molecule has 0 aliphatic rings. The van der Waals surface area contributed by atoms with Gasteiger partial charge in [-0.25, -0.2) is 9.97 Å². The predicted molar refractivity (Wildman–Crippen MR) is 121 cm³/mol. The van der Waals surface area contributed by atoms with Crippen LogP contribution >= 0.6 is 35.0 Å². The number of ether oxygens (including phenoxy) is 2. The Morgan fingerprint density at radius 1 is 1.03 bits per heavy atom. The standard InChI is InChI=1S/C21H16Cl2F3N3O3S/c1-31-16-6-3-11(7-17(16)32-2)15-9-18(21(24,25)26)29-20(28-15)33-10-19(30)27-14-5-4-12(22)8-13(14)23/h3-9H,10H2,1-2H3,(H,27,30). The van der Waals surface area contributed by atoms with Gasteiger partial charge in [-0.15, -0.1) is 0 Å². The summed E-state index contributed by atoms with van der Waals surface area (Å²) in [6, 6.07) is 9.96. The Bertz CT molecular complexity index is 1180. The van der Waals surface area contributed by atoms with Gasteiger partial charge >= 0.3 is 6.18 Å². The number of carbonyl (C=O) groups is 1. The van der Waals surface area contributed by atoms with Crippen molar-refractivity contribution in [3.05, 3.63) is 58.2 Å². The van der Waals surface area contributed by atoms with Gasteiger partial charge in [-0.05, 0) is 42.5 Å². The number of thioether (sulfide) groups is 1. The quantitative estimate of drug-likeness (QED) is 0.296. The molecule has 12 heteroatoms. The first-order valence-electron chi connectivity index (χ1n) is 9.17. The number of rotatable bonds is 7. The van der Waals surface area contributed by atoms with Gasteiger partial charge in [-0.1, -0.05) is 35.0 Å². The Kier molecular flexibility index (Phi) is 7.93. The van der Waals surface area contributed by atoms with Crippen molar-refractivity contribution in [1.29, 1.82) is 0 Å². The maximum Gasteiger partial charge on any atom is 0.433 e. The van der Waals surface area contributed by atoms with E-state index in [1.54, 1.807) is 18.2 Å². The number of hydrogen-bond donors (Lipinski definition) is 1. The second-order valence-corrected chi connectivity index (χ2v) is 8.24. The predicted octanol–water partition coefficient (Wildman–Crippen LogP) is 6.22. The molecule has 0 spiro atoms. The number of anilines is 1. The largest absolute Gasteiger partial charge is 0.493 e. The molecule has 3 rings (SSSR count). The number of halogens is 5. The van der Waals surface area contributed by atoms with E-state index >= 15 is 0 Å². The molecule has 0 aliphatic heterocycles. The number of alkyl halides is 3. The molecule has 0 unspecified atom stereocenters. The molecule has 0 saturated heterocycles. The lowest BCUT2D eigenvalue weighted by Crippen LogP contribution is -2.15. The molecular formula is C21H16Cl2F3N3O3S. The average Bonchev–Trinajstić information content (AvgIpc) is 2.78. The van der Waals surface area contributed by atoms with Gasteiger partial charge in [0.25, 0.3) is 0 Å². The van der Waals surface area contributed by atoms with Crippen molar-refractivity contribution in [2.45, 2.75) is 11.3 Å². The SMILES string of the molecule is COc1ccc(-c2cc(C(F)(F)F)nc(SCC(=O)Nc3ccc(Cl)cc3Cl)n2)cc1OC. The number of carbonyl (C=O) groups excluding carboxylic acids is 1. The van der Waals surface area contributed by atoms with E-state index in [0.29, 0.717) is 27.8 Å². The molecule has 1 heterocycles. The topological polar surface area (TPSA) is 73.3 Å². The highest BCUT2D eigenvalue weighted by atomic mass is 35.5. The van der Waals surface area contributed by atoms with E-state index < -0.39 is 17.8 Å². The maximum absolute atomic E-state index is 13.4. The number of methoxy groups -OCH3 is 2. The number of hydrogen-bond acceptors (Lipinski definition) is 6. The molecule has 0 fully saturated rings. The van der Waals surface area contributed by atoms with Crippen molar-refractivity contribution >= 4 is 46.6 Å². The molecule has 0 saturated carbocycles. The summed E-state index contributed by atoms with van der Waals surface area (Å²) >= 11 is 12.6. The van der Waals surface area contributed by atoms with E-state index in [1.807, 2.05) is 0 Å². The van der Waals surface area contributed by atoms with Crippen LogP contribution in [0.15, 0.2) is 47.6 Å². The Morgan fingerprint density at radius 2 is 1.76 bits per heavy atom. The van der Waals surface area contributed by atoms with Gasteiger partial charge in [0.1, 0.15) is 5.69 Å². The van der Waals surface area contributed by atoms with Crippen LogP contribution in [0.2, 0.25) is 10.0 Å². The summed E-state index contributed by atoms with van der Waals surface area (Å²) in [7, 11) is 2.86. The van der Waals surface area contributed by atoms with Gasteiger partial charge < -0.3 is 14.8 Å². The van der Waals surface area contributed by atoms with E-state index in [0.717, 1.165) is 17.8 Å². The van der Waals surface area contributed by atoms with Gasteiger partial charge in [0.15, 0.2) is 16.7 Å². The molecule has 1 aromatic heterocycles. The minimum atomic E-state index is -4.71. The first-order valence-corrected chi connectivity index (χ1v) is 10.9. The molecule has 174 valence electrons. The molecule has 0 bridgehead atoms. The van der Waals surface area contributed by atoms with Gasteiger partial charge in [0.05, 0.1) is 36.4 Å². The second-order valence-electron chi connectivity index (χ2n) is 6.45. The highest BCUT2D eigenvalue weighted by molar-refractivity contribution is 7.99. The van der Waals surface area contributed by atoms with Crippen molar-refractivity contribution in [2.75, 3.05) is 25.3 Å². The summed E-state index contributed by atoms with van der Waals surface area (Å²) in [6.45, 7) is 0. The molecule has 0 atom stereocenters. The van der Waals surface area contributed by atoms with E-state index in [-0.39, 0.29) is 21.6 Å². The number of nitrogens with one attached hydrogen (secondary N) is 1. The molecule has 1 N–H and O–H groups in total. The number of nitrogens with zero attached hydrogens (tertiary/aromatic N) is 2. The molecule has 33 heavy (non-hydrogen) atoms. The second kappa shape index (κ2) is 10.5. The van der Waals surface area contributed by atoms with E-state index in [4.69, 9.17) is 32.7 Å². The molecule has 2 aromatic carbocycles. The molecule has 1 amide bonds. The number of amides is 1. The normalized spacial score (nSPS) is 11.2. The zero-order valence-electron chi connectivity index (χ0n) is 17.2. The lowest BCUT2D eigenvalue weighted by atomic mass is 10.1. The lowest BCUT2D eigenvalue weighted by molar-refractivity contribution is -0.141. The number of benzene rings is 2. The Morgan fingerprint density at radius 3 is 2.39 bits per heavy atom. The first kappa shape index (κ1) is 24.9. The third-order valence-corrected chi connectivity index (χ3v) is 5.61. The average molecular weight is 518 g/mol. The van der Waals surface area contributed by atoms with E-state index in [1.165, 1.54) is 32.4 Å². The van der Waals surface area contributed by atoms with Crippen LogP contribution in [0.4, 0.5) is 18.9 Å². The molecule has 0 radical (unpaired) electrons. The third kappa shape index (κ3) is 6.43. The molecule has 3 aromatic rings. The fraction of sp³-hybridized carbons (Fsp3) is 0.190. The summed E-state index contributed by atoms with van der Waals surface area (Å²) in [5, 5.41) is 2.98. The minimum Gasteiger partial charge on any atom is -0.493 e. The van der Waals surface area contributed by atoms with Crippen LogP contribution in [0.3, 0.4) is 0 Å². The van der Waals surface area contributed by atoms with Crippen molar-refractivity contribution in [1.82, 2.24) is 9.97 Å². The smallest absolute Gasteiger partial charge is 0.433 e. The van der Waals surface area contributed by atoms with Crippen LogP contribution in [0.5, 0.6) is 11.5 Å². The summed E-state index contributed by atoms with van der Waals surface area (Å²) in [5.41, 5.74) is -0.435. The minimum absolute atomic E-state index is 0.0157. The third-order valence-electron chi connectivity index (χ3n) is 4.21. The van der Waals surface area contributed by atoms with Gasteiger partial charge in [-0.3, -0.25) is 4.79 Å². The van der Waals surface area contributed by atoms with Crippen molar-refractivity contribution in [2.24, 2.45) is 0 Å². The lowest BCUT2D eigenvalue weighted by Gasteiger charge is -2.12. The monoisotopic (exact) mass is 517 g/mol. The fourth-order valence-corrected chi connectivity index (χ4v) is 3.80. The van der Waals surface area contributed by atoms with Gasteiger partial charge in [-0.2, -0.15) is 13.2 Å². The van der Waals surface area contributed by atoms with Crippen LogP contribution in [-0.2, 0) is 11.0 Å². The summed E-state index contributed by atoms with van der Waals surface area (Å²) in [5.74, 6) is -0.00183. The fourth-order valence-electron chi connectivity index (χ4n) is 2.69. The summed E-state index contributed by atoms with van der Waals surface area (Å²) in [6.07, 6.45) is -4.71. The summed E-state index contributed by atoms with van der Waals surface area (Å²) in [4.78, 5) is 20.0. The Labute approximate surface area is 201 Å². The zero-order chi connectivity index (χ0) is 24.2. The summed E-state index contributed by atoms with van der Waals surface area (Å²) < 4.78 is 50.7. The van der Waals surface area contributed by atoms with E-state index in [2.05, 4.69) is 15.3 Å². The highest BCUT2D eigenvalue weighted by Gasteiger charge is 2.34. The maximum atomic E-state index is 13.4. The van der Waals surface area contributed by atoms with Gasteiger partial charge in [0, 0.05) is 10.6 Å². The van der Waals surface area contributed by atoms with Crippen molar-refractivity contribution in [3.63, 3.8) is 0 Å². The number of aromatic nitrogens is 2. The van der Waals surface area contributed by atoms with Crippen LogP contribution < -0.4 is 14.8 Å². The van der Waals surface area contributed by atoms with Crippen LogP contribution in [-0.4, -0.2) is 35.8 Å². The Hall–Kier alpha value is -2.69. The highest BCUT2D eigenvalue weighted by Crippen LogP contribution is 2.35.